The number of fused-ring (bicyclic) bond motifs is 1. The molecule has 7 nitrogen and oxygen atoms in total. The Labute approximate surface area is 142 Å². The van der Waals surface area contributed by atoms with Crippen LogP contribution in [0.3, 0.4) is 0 Å². The Morgan fingerprint density at radius 3 is 2.71 bits per heavy atom. The van der Waals surface area contributed by atoms with Gasteiger partial charge in [0.2, 0.25) is 5.88 Å². The third-order valence-corrected chi connectivity index (χ3v) is 4.91. The molecule has 3 rings (SSSR count). The summed E-state index contributed by atoms with van der Waals surface area (Å²) in [4.78, 5) is 16.0. The van der Waals surface area contributed by atoms with Crippen LogP contribution in [-0.2, 0) is 16.9 Å². The molecular weight excluding hydrogens is 328 g/mol. The maximum absolute atomic E-state index is 12.7. The number of hydrogen-bond donors (Lipinski definition) is 1. The van der Waals surface area contributed by atoms with Crippen LogP contribution in [0.1, 0.15) is 16.8 Å². The van der Waals surface area contributed by atoms with Crippen LogP contribution >= 0.6 is 0 Å². The fourth-order valence-electron chi connectivity index (χ4n) is 2.43. The van der Waals surface area contributed by atoms with Crippen molar-refractivity contribution < 1.29 is 14.0 Å². The Kier molecular flexibility index (Phi) is 4.59. The third-order valence-electron chi connectivity index (χ3n) is 3.75. The number of aryl methyl sites for hydroxylation is 1. The van der Waals surface area contributed by atoms with Crippen LogP contribution in [-0.4, -0.2) is 38.7 Å². The number of rotatable bonds is 5. The summed E-state index contributed by atoms with van der Waals surface area (Å²) in [6.45, 7) is 3.78. The lowest BCUT2D eigenvalue weighted by atomic mass is 10.2. The van der Waals surface area contributed by atoms with E-state index in [2.05, 4.69) is 19.9 Å². The van der Waals surface area contributed by atoms with E-state index in [1.165, 1.54) is 0 Å². The van der Waals surface area contributed by atoms with Crippen molar-refractivity contribution in [3.8, 4) is 11.6 Å². The second-order valence-corrected chi connectivity index (χ2v) is 6.67. The number of imidazole rings is 1. The number of aromatic amines is 1. The van der Waals surface area contributed by atoms with Crippen LogP contribution < -0.4 is 9.47 Å². The zero-order valence-corrected chi connectivity index (χ0v) is 14.7. The lowest BCUT2D eigenvalue weighted by molar-refractivity contribution is 0.396. The van der Waals surface area contributed by atoms with Crippen molar-refractivity contribution in [3.63, 3.8) is 0 Å². The molecule has 8 heteroatoms. The van der Waals surface area contributed by atoms with Crippen LogP contribution in [0.25, 0.3) is 11.2 Å². The van der Waals surface area contributed by atoms with E-state index < -0.39 is 11.2 Å². The third kappa shape index (κ3) is 3.02. The summed E-state index contributed by atoms with van der Waals surface area (Å²) in [7, 11) is 3.16. The van der Waals surface area contributed by atoms with Crippen molar-refractivity contribution in [2.75, 3.05) is 14.2 Å². The second kappa shape index (κ2) is 6.66. The Bertz CT molecular complexity index is 881. The van der Waals surface area contributed by atoms with E-state index in [4.69, 9.17) is 9.47 Å². The summed E-state index contributed by atoms with van der Waals surface area (Å²) in [5, 5.41) is 0.370. The molecule has 1 atom stereocenters. The Balaban J connectivity index is 1.90. The smallest absolute Gasteiger partial charge is 0.323 e. The molecule has 0 fully saturated rings. The summed E-state index contributed by atoms with van der Waals surface area (Å²) in [5.74, 6) is 1.50. The standard InChI is InChI=1S/C16H18N4O3S/c1-9-7-11-14(19-15(9)23-4)20-16(18-11)24(21)8-12-10(2)13(22-3)5-6-17-12/h5-7H,8H2,1-4H3,(H,18,19,20). The van der Waals surface area contributed by atoms with E-state index in [-0.39, 0.29) is 5.75 Å². The van der Waals surface area contributed by atoms with Crippen molar-refractivity contribution >= 4 is 22.3 Å². The van der Waals surface area contributed by atoms with Crippen molar-refractivity contribution in [2.24, 2.45) is 0 Å². The molecule has 1 unspecified atom stereocenters. The molecule has 3 heterocycles. The SMILES string of the molecule is COc1ccnc(C[S+]([O-])c2nc3cc(C)c(OC)nc3[nH]2)c1C. The minimum atomic E-state index is -1.37. The van der Waals surface area contributed by atoms with Gasteiger partial charge in [-0.05, 0) is 26.0 Å². The van der Waals surface area contributed by atoms with E-state index in [1.54, 1.807) is 26.5 Å². The van der Waals surface area contributed by atoms with E-state index in [9.17, 15) is 4.55 Å². The first-order valence-electron chi connectivity index (χ1n) is 7.31. The maximum atomic E-state index is 12.7. The van der Waals surface area contributed by atoms with E-state index >= 15 is 0 Å². The molecule has 3 aromatic heterocycles. The molecule has 0 saturated carbocycles. The first-order chi connectivity index (χ1) is 11.5. The highest BCUT2D eigenvalue weighted by Gasteiger charge is 2.21. The molecule has 0 aliphatic heterocycles. The number of methoxy groups -OCH3 is 2. The van der Waals surface area contributed by atoms with Crippen LogP contribution in [0, 0.1) is 13.8 Å². The molecule has 3 aromatic rings. The first kappa shape index (κ1) is 16.5. The number of H-pyrrole nitrogens is 1. The predicted molar refractivity (Wildman–Crippen MR) is 90.8 cm³/mol. The second-order valence-electron chi connectivity index (χ2n) is 5.30. The molecule has 126 valence electrons. The maximum Gasteiger partial charge on any atom is 0.323 e. The van der Waals surface area contributed by atoms with Crippen molar-refractivity contribution in [2.45, 2.75) is 24.8 Å². The van der Waals surface area contributed by atoms with Gasteiger partial charge in [-0.3, -0.25) is 9.97 Å². The zero-order chi connectivity index (χ0) is 17.3. The zero-order valence-electron chi connectivity index (χ0n) is 13.9. The molecule has 24 heavy (non-hydrogen) atoms. The Hall–Kier alpha value is -2.32. The van der Waals surface area contributed by atoms with Gasteiger partial charge in [-0.2, -0.15) is 9.97 Å². The van der Waals surface area contributed by atoms with Crippen molar-refractivity contribution in [1.29, 1.82) is 0 Å². The normalized spacial score (nSPS) is 12.4. The molecule has 0 amide bonds. The molecule has 0 aliphatic rings. The van der Waals surface area contributed by atoms with Gasteiger partial charge in [-0.1, -0.05) is 0 Å². The molecule has 0 spiro atoms. The highest BCUT2D eigenvalue weighted by Crippen LogP contribution is 2.24. The largest absolute Gasteiger partial charge is 0.609 e. The molecule has 0 saturated heterocycles. The van der Waals surface area contributed by atoms with Crippen LogP contribution in [0.4, 0.5) is 0 Å². The predicted octanol–water partition coefficient (Wildman–Crippen LogP) is 2.29. The van der Waals surface area contributed by atoms with Gasteiger partial charge in [0.05, 0.1) is 19.9 Å². The first-order valence-corrected chi connectivity index (χ1v) is 8.63. The Morgan fingerprint density at radius 2 is 2.00 bits per heavy atom. The highest BCUT2D eigenvalue weighted by atomic mass is 32.2. The fourth-order valence-corrected chi connectivity index (χ4v) is 3.52. The number of pyridine rings is 2. The lowest BCUT2D eigenvalue weighted by Gasteiger charge is -2.10. The van der Waals surface area contributed by atoms with Crippen LogP contribution in [0.15, 0.2) is 23.5 Å². The average molecular weight is 346 g/mol. The molecule has 0 radical (unpaired) electrons. The lowest BCUT2D eigenvalue weighted by Crippen LogP contribution is -2.10. The summed E-state index contributed by atoms with van der Waals surface area (Å²) in [5.41, 5.74) is 3.68. The van der Waals surface area contributed by atoms with Crippen molar-refractivity contribution in [1.82, 2.24) is 19.9 Å². The Morgan fingerprint density at radius 1 is 1.21 bits per heavy atom. The number of ether oxygens (including phenoxy) is 2. The minimum Gasteiger partial charge on any atom is -0.609 e. The number of nitrogens with one attached hydrogen (secondary N) is 1. The van der Waals surface area contributed by atoms with Gasteiger partial charge in [0.25, 0.3) is 0 Å². The molecule has 0 bridgehead atoms. The number of nitrogens with zero attached hydrogens (tertiary/aromatic N) is 3. The fraction of sp³-hybridized carbons (Fsp3) is 0.312. The van der Waals surface area contributed by atoms with Gasteiger partial charge in [0.1, 0.15) is 11.3 Å². The molecular formula is C16H18N4O3S. The van der Waals surface area contributed by atoms with Gasteiger partial charge in [-0.15, -0.1) is 0 Å². The quantitative estimate of drug-likeness (QED) is 0.712. The van der Waals surface area contributed by atoms with Gasteiger partial charge < -0.3 is 14.0 Å². The number of aromatic nitrogens is 4. The van der Waals surface area contributed by atoms with Crippen LogP contribution in [0.5, 0.6) is 11.6 Å². The van der Waals surface area contributed by atoms with Gasteiger partial charge in [0, 0.05) is 28.5 Å². The van der Waals surface area contributed by atoms with Crippen LogP contribution in [0.2, 0.25) is 0 Å². The summed E-state index contributed by atoms with van der Waals surface area (Å²) in [6, 6.07) is 3.63. The monoisotopic (exact) mass is 346 g/mol. The molecule has 0 aromatic carbocycles. The van der Waals surface area contributed by atoms with Gasteiger partial charge >= 0.3 is 5.16 Å². The summed E-state index contributed by atoms with van der Waals surface area (Å²) < 4.78 is 23.1. The van der Waals surface area contributed by atoms with E-state index in [0.717, 1.165) is 22.6 Å². The summed E-state index contributed by atoms with van der Waals surface area (Å²) in [6.07, 6.45) is 1.65. The molecule has 1 N–H and O–H groups in total. The minimum absolute atomic E-state index is 0.249. The topological polar surface area (TPSA) is 96.0 Å². The van der Waals surface area contributed by atoms with Crippen molar-refractivity contribution in [3.05, 3.63) is 35.2 Å². The van der Waals surface area contributed by atoms with Gasteiger partial charge in [0.15, 0.2) is 11.4 Å². The van der Waals surface area contributed by atoms with E-state index in [1.807, 2.05) is 19.9 Å². The molecule has 0 aliphatic carbocycles. The van der Waals surface area contributed by atoms with E-state index in [0.29, 0.717) is 22.2 Å². The average Bonchev–Trinajstić information content (AvgIpc) is 2.98. The summed E-state index contributed by atoms with van der Waals surface area (Å²) >= 11 is -1.37. The highest BCUT2D eigenvalue weighted by molar-refractivity contribution is 7.90. The number of hydrogen-bond acceptors (Lipinski definition) is 6. The van der Waals surface area contributed by atoms with Gasteiger partial charge in [-0.25, -0.2) is 0 Å².